The molecule has 2 aromatic rings. The van der Waals surface area contributed by atoms with Crippen molar-refractivity contribution in [3.05, 3.63) is 45.8 Å². The second kappa shape index (κ2) is 5.00. The first-order valence-electron chi connectivity index (χ1n) is 7.31. The topological polar surface area (TPSA) is 64.6 Å². The minimum atomic E-state index is -0.301. The van der Waals surface area contributed by atoms with Crippen LogP contribution >= 0.6 is 11.3 Å². The first-order chi connectivity index (χ1) is 10.6. The SMILES string of the molecule is CN1CCc2c(sc3c2C(=O)N[C@@H](c2cccc(O)c2)N3)C1. The third-order valence-corrected chi connectivity index (χ3v) is 5.38. The Hall–Kier alpha value is -2.05. The van der Waals surface area contributed by atoms with Crippen LogP contribution in [0.25, 0.3) is 0 Å². The lowest BCUT2D eigenvalue weighted by molar-refractivity contribution is 0.0934. The largest absolute Gasteiger partial charge is 0.508 e. The lowest BCUT2D eigenvalue weighted by Gasteiger charge is -2.27. The van der Waals surface area contributed by atoms with Crippen LogP contribution in [-0.4, -0.2) is 29.5 Å². The zero-order valence-electron chi connectivity index (χ0n) is 12.2. The van der Waals surface area contributed by atoms with Gasteiger partial charge in [-0.2, -0.15) is 0 Å². The quantitative estimate of drug-likeness (QED) is 0.755. The number of benzene rings is 1. The van der Waals surface area contributed by atoms with E-state index in [1.54, 1.807) is 29.5 Å². The number of carbonyl (C=O) groups excluding carboxylic acids is 1. The summed E-state index contributed by atoms with van der Waals surface area (Å²) in [5.74, 6) is 0.176. The zero-order valence-corrected chi connectivity index (χ0v) is 13.0. The van der Waals surface area contributed by atoms with Gasteiger partial charge in [-0.3, -0.25) is 4.79 Å². The van der Waals surface area contributed by atoms with Crippen molar-refractivity contribution in [1.82, 2.24) is 10.2 Å². The molecule has 22 heavy (non-hydrogen) atoms. The Morgan fingerprint density at radius 2 is 2.23 bits per heavy atom. The van der Waals surface area contributed by atoms with Crippen LogP contribution in [-0.2, 0) is 13.0 Å². The number of aromatic hydroxyl groups is 1. The summed E-state index contributed by atoms with van der Waals surface area (Å²) < 4.78 is 0. The smallest absolute Gasteiger partial charge is 0.256 e. The van der Waals surface area contributed by atoms with Crippen molar-refractivity contribution >= 4 is 22.2 Å². The lowest BCUT2D eigenvalue weighted by Crippen LogP contribution is -2.38. The van der Waals surface area contributed by atoms with Crippen molar-refractivity contribution in [1.29, 1.82) is 0 Å². The first kappa shape index (κ1) is 13.6. The summed E-state index contributed by atoms with van der Waals surface area (Å²) >= 11 is 1.67. The van der Waals surface area contributed by atoms with E-state index in [1.807, 2.05) is 6.07 Å². The molecule has 1 aromatic heterocycles. The third kappa shape index (κ3) is 2.15. The molecule has 3 N–H and O–H groups in total. The highest BCUT2D eigenvalue weighted by molar-refractivity contribution is 7.16. The molecule has 1 amide bonds. The van der Waals surface area contributed by atoms with E-state index in [4.69, 9.17) is 0 Å². The number of amides is 1. The molecule has 5 nitrogen and oxygen atoms in total. The molecule has 1 aromatic carbocycles. The Bertz CT molecular complexity index is 756. The normalized spacial score (nSPS) is 20.8. The second-order valence-corrected chi connectivity index (χ2v) is 6.95. The molecule has 0 saturated heterocycles. The highest BCUT2D eigenvalue weighted by atomic mass is 32.1. The van der Waals surface area contributed by atoms with Crippen molar-refractivity contribution in [3.8, 4) is 5.75 Å². The van der Waals surface area contributed by atoms with Crippen LogP contribution in [0, 0.1) is 0 Å². The molecule has 0 aliphatic carbocycles. The molecule has 0 bridgehead atoms. The summed E-state index contributed by atoms with van der Waals surface area (Å²) in [6.07, 6.45) is 0.619. The van der Waals surface area contributed by atoms with Gasteiger partial charge in [0.25, 0.3) is 5.91 Å². The van der Waals surface area contributed by atoms with Gasteiger partial charge in [-0.15, -0.1) is 11.3 Å². The number of hydrogen-bond acceptors (Lipinski definition) is 5. The lowest BCUT2D eigenvalue weighted by atomic mass is 10.0. The van der Waals surface area contributed by atoms with Crippen LogP contribution in [0.3, 0.4) is 0 Å². The summed E-state index contributed by atoms with van der Waals surface area (Å²) in [4.78, 5) is 16.1. The van der Waals surface area contributed by atoms with E-state index in [2.05, 4.69) is 22.6 Å². The van der Waals surface area contributed by atoms with Crippen LogP contribution in [0.15, 0.2) is 24.3 Å². The Kier molecular flexibility index (Phi) is 3.09. The second-order valence-electron chi connectivity index (χ2n) is 5.84. The summed E-state index contributed by atoms with van der Waals surface area (Å²) in [6.45, 7) is 1.89. The maximum absolute atomic E-state index is 12.5. The third-order valence-electron chi connectivity index (χ3n) is 4.23. The van der Waals surface area contributed by atoms with E-state index in [1.165, 1.54) is 10.4 Å². The Morgan fingerprint density at radius 1 is 1.36 bits per heavy atom. The number of phenolic OH excluding ortho intramolecular Hbond substituents is 1. The van der Waals surface area contributed by atoms with Crippen LogP contribution in [0.5, 0.6) is 5.75 Å². The van der Waals surface area contributed by atoms with Gasteiger partial charge in [0.1, 0.15) is 16.9 Å². The fourth-order valence-electron chi connectivity index (χ4n) is 3.11. The van der Waals surface area contributed by atoms with Gasteiger partial charge < -0.3 is 20.6 Å². The maximum atomic E-state index is 12.5. The maximum Gasteiger partial charge on any atom is 0.256 e. The molecule has 0 spiro atoms. The van der Waals surface area contributed by atoms with E-state index >= 15 is 0 Å². The molecule has 0 saturated carbocycles. The van der Waals surface area contributed by atoms with E-state index in [0.29, 0.717) is 0 Å². The van der Waals surface area contributed by atoms with Gasteiger partial charge in [0.15, 0.2) is 0 Å². The van der Waals surface area contributed by atoms with Gasteiger partial charge in [0.2, 0.25) is 0 Å². The summed E-state index contributed by atoms with van der Waals surface area (Å²) in [5, 5.41) is 17.0. The van der Waals surface area contributed by atoms with Gasteiger partial charge in [-0.1, -0.05) is 12.1 Å². The van der Waals surface area contributed by atoms with Crippen molar-refractivity contribution in [2.24, 2.45) is 0 Å². The van der Waals surface area contributed by atoms with Gasteiger partial charge in [-0.25, -0.2) is 0 Å². The van der Waals surface area contributed by atoms with Crippen LogP contribution in [0.4, 0.5) is 5.00 Å². The van der Waals surface area contributed by atoms with Crippen LogP contribution in [0.2, 0.25) is 0 Å². The molecule has 3 heterocycles. The molecule has 0 fully saturated rings. The number of likely N-dealkylation sites (N-methyl/N-ethyl adjacent to an activating group) is 1. The number of fused-ring (bicyclic) bond motifs is 3. The van der Waals surface area contributed by atoms with Crippen molar-refractivity contribution in [2.75, 3.05) is 18.9 Å². The van der Waals surface area contributed by atoms with Gasteiger partial charge in [-0.05, 0) is 36.7 Å². The Morgan fingerprint density at radius 3 is 3.05 bits per heavy atom. The average Bonchev–Trinajstić information content (AvgIpc) is 2.84. The van der Waals surface area contributed by atoms with Gasteiger partial charge in [0.05, 0.1) is 5.56 Å². The Balaban J connectivity index is 1.71. The number of nitrogens with one attached hydrogen (secondary N) is 2. The van der Waals surface area contributed by atoms with Crippen LogP contribution < -0.4 is 10.6 Å². The molecule has 1 atom stereocenters. The fraction of sp³-hybridized carbons (Fsp3) is 0.312. The van der Waals surface area contributed by atoms with Crippen molar-refractivity contribution in [3.63, 3.8) is 0 Å². The standard InChI is InChI=1S/C16H17N3O2S/c1-19-6-5-11-12(8-19)22-16-13(11)15(21)17-14(18-16)9-3-2-4-10(20)7-9/h2-4,7,14,18,20H,5-6,8H2,1H3,(H,17,21)/t14-/m1/s1. The number of nitrogens with zero attached hydrogens (tertiary/aromatic N) is 1. The summed E-state index contributed by atoms with van der Waals surface area (Å²) in [5.41, 5.74) is 2.85. The number of anilines is 1. The summed E-state index contributed by atoms with van der Waals surface area (Å²) in [6, 6.07) is 6.97. The van der Waals surface area contributed by atoms with E-state index in [-0.39, 0.29) is 17.8 Å². The fourth-order valence-corrected chi connectivity index (χ4v) is 4.47. The molecule has 114 valence electrons. The minimum absolute atomic E-state index is 0.0239. The van der Waals surface area contributed by atoms with Crippen molar-refractivity contribution < 1.29 is 9.90 Å². The van der Waals surface area contributed by atoms with Crippen molar-refractivity contribution in [2.45, 2.75) is 19.1 Å². The number of thiophene rings is 1. The monoisotopic (exact) mass is 315 g/mol. The molecule has 6 heteroatoms. The number of carbonyl (C=O) groups is 1. The predicted molar refractivity (Wildman–Crippen MR) is 86.3 cm³/mol. The average molecular weight is 315 g/mol. The number of phenols is 1. The highest BCUT2D eigenvalue weighted by Gasteiger charge is 2.32. The van der Waals surface area contributed by atoms with Gasteiger partial charge in [0, 0.05) is 18.0 Å². The van der Waals surface area contributed by atoms with E-state index in [9.17, 15) is 9.90 Å². The molecule has 2 aliphatic rings. The molecule has 0 unspecified atom stereocenters. The molecule has 2 aliphatic heterocycles. The molecular weight excluding hydrogens is 298 g/mol. The number of hydrogen-bond donors (Lipinski definition) is 3. The first-order valence-corrected chi connectivity index (χ1v) is 8.13. The predicted octanol–water partition coefficient (Wildman–Crippen LogP) is 2.30. The minimum Gasteiger partial charge on any atom is -0.508 e. The highest BCUT2D eigenvalue weighted by Crippen LogP contribution is 2.40. The Labute approximate surface area is 132 Å². The molecule has 0 radical (unpaired) electrons. The molecule has 4 rings (SSSR count). The molecular formula is C16H17N3O2S. The number of rotatable bonds is 1. The van der Waals surface area contributed by atoms with Gasteiger partial charge >= 0.3 is 0 Å². The van der Waals surface area contributed by atoms with E-state index in [0.717, 1.165) is 35.6 Å². The van der Waals surface area contributed by atoms with E-state index < -0.39 is 0 Å². The summed E-state index contributed by atoms with van der Waals surface area (Å²) in [7, 11) is 2.10. The van der Waals surface area contributed by atoms with Crippen LogP contribution in [0.1, 0.15) is 32.5 Å². The zero-order chi connectivity index (χ0) is 15.3.